The third-order valence-electron chi connectivity index (χ3n) is 5.21. The molecule has 0 spiro atoms. The molecule has 134 valence electrons. The van der Waals surface area contributed by atoms with Crippen molar-refractivity contribution in [2.45, 2.75) is 32.0 Å². The molecule has 25 heavy (non-hydrogen) atoms. The molecule has 1 aliphatic carbocycles. The summed E-state index contributed by atoms with van der Waals surface area (Å²) in [7, 11) is 0. The first kappa shape index (κ1) is 16.4. The van der Waals surface area contributed by atoms with Gasteiger partial charge in [0.15, 0.2) is 0 Å². The van der Waals surface area contributed by atoms with Crippen molar-refractivity contribution >= 4 is 5.82 Å². The Morgan fingerprint density at radius 2 is 1.92 bits per heavy atom. The molecule has 3 heterocycles. The lowest BCUT2D eigenvalue weighted by molar-refractivity contribution is -0.137. The van der Waals surface area contributed by atoms with Gasteiger partial charge in [-0.15, -0.1) is 0 Å². The zero-order valence-corrected chi connectivity index (χ0v) is 14.0. The predicted molar refractivity (Wildman–Crippen MR) is 87.8 cm³/mol. The highest BCUT2D eigenvalue weighted by Gasteiger charge is 2.55. The van der Waals surface area contributed by atoms with E-state index in [0.717, 1.165) is 24.8 Å². The second-order valence-electron chi connectivity index (χ2n) is 7.16. The maximum Gasteiger partial charge on any atom is 0.419 e. The fraction of sp³-hybridized carbons (Fsp3) is 0.529. The summed E-state index contributed by atoms with van der Waals surface area (Å²) in [5, 5.41) is 7.93. The molecule has 2 aliphatic rings. The van der Waals surface area contributed by atoms with Gasteiger partial charge in [0, 0.05) is 29.4 Å². The van der Waals surface area contributed by atoms with Gasteiger partial charge < -0.3 is 11.1 Å². The molecule has 0 radical (unpaired) electrons. The van der Waals surface area contributed by atoms with Crippen molar-refractivity contribution < 1.29 is 13.2 Å². The highest BCUT2D eigenvalue weighted by atomic mass is 19.4. The lowest BCUT2D eigenvalue weighted by atomic mass is 10.1. The van der Waals surface area contributed by atoms with Crippen LogP contribution in [0.2, 0.25) is 0 Å². The number of hydrogen-bond acceptors (Lipinski definition) is 4. The van der Waals surface area contributed by atoms with Crippen LogP contribution in [-0.4, -0.2) is 27.9 Å². The Kier molecular flexibility index (Phi) is 3.57. The maximum absolute atomic E-state index is 13.1. The van der Waals surface area contributed by atoms with Crippen LogP contribution in [0.3, 0.4) is 0 Å². The molecule has 3 atom stereocenters. The summed E-state index contributed by atoms with van der Waals surface area (Å²) in [6.07, 6.45) is -3.17. The van der Waals surface area contributed by atoms with Gasteiger partial charge in [0.2, 0.25) is 0 Å². The van der Waals surface area contributed by atoms with Gasteiger partial charge in [0.1, 0.15) is 5.82 Å². The topological polar surface area (TPSA) is 68.8 Å². The third-order valence-corrected chi connectivity index (χ3v) is 5.21. The Morgan fingerprint density at radius 3 is 2.52 bits per heavy atom. The van der Waals surface area contributed by atoms with E-state index in [4.69, 9.17) is 5.73 Å². The Bertz CT molecular complexity index is 801. The summed E-state index contributed by atoms with van der Waals surface area (Å²) < 4.78 is 41.2. The number of anilines is 1. The molecule has 3 N–H and O–H groups in total. The van der Waals surface area contributed by atoms with Crippen LogP contribution in [0.5, 0.6) is 0 Å². The third kappa shape index (κ3) is 2.68. The molecule has 1 aliphatic heterocycles. The molecular weight excluding hydrogens is 331 g/mol. The number of hydrogen-bond donors (Lipinski definition) is 2. The van der Waals surface area contributed by atoms with Crippen molar-refractivity contribution in [1.29, 1.82) is 0 Å². The number of rotatable bonds is 3. The van der Waals surface area contributed by atoms with Crippen LogP contribution in [0.1, 0.15) is 37.1 Å². The minimum absolute atomic E-state index is 0.141. The Hall–Kier alpha value is -2.09. The summed E-state index contributed by atoms with van der Waals surface area (Å²) >= 11 is 0. The van der Waals surface area contributed by atoms with E-state index in [9.17, 15) is 13.2 Å². The first-order chi connectivity index (χ1) is 11.8. The molecule has 8 heteroatoms. The van der Waals surface area contributed by atoms with Crippen molar-refractivity contribution in [3.63, 3.8) is 0 Å². The van der Waals surface area contributed by atoms with Crippen LogP contribution < -0.4 is 11.1 Å². The largest absolute Gasteiger partial charge is 0.419 e. The van der Waals surface area contributed by atoms with E-state index in [1.54, 1.807) is 0 Å². The summed E-state index contributed by atoms with van der Waals surface area (Å²) in [6, 6.07) is 3.09. The van der Waals surface area contributed by atoms with Gasteiger partial charge in [-0.2, -0.15) is 18.3 Å². The minimum atomic E-state index is -4.53. The normalized spacial score (nSPS) is 25.4. The van der Waals surface area contributed by atoms with E-state index in [-0.39, 0.29) is 6.04 Å². The number of aromatic nitrogens is 3. The van der Waals surface area contributed by atoms with Crippen molar-refractivity contribution in [3.8, 4) is 11.3 Å². The fourth-order valence-electron chi connectivity index (χ4n) is 3.91. The number of piperidine rings is 1. The highest BCUT2D eigenvalue weighted by molar-refractivity contribution is 5.63. The van der Waals surface area contributed by atoms with Crippen LogP contribution in [0, 0.1) is 11.8 Å². The van der Waals surface area contributed by atoms with Gasteiger partial charge in [0.25, 0.3) is 0 Å². The molecule has 1 unspecified atom stereocenters. The number of nitrogens with two attached hydrogens (primary N) is 1. The Balaban J connectivity index is 1.74. The quantitative estimate of drug-likeness (QED) is 0.892. The van der Waals surface area contributed by atoms with Gasteiger partial charge in [-0.3, -0.25) is 4.68 Å². The number of nitrogens with one attached hydrogen (secondary N) is 1. The average molecular weight is 351 g/mol. The smallest absolute Gasteiger partial charge is 0.383 e. The van der Waals surface area contributed by atoms with Crippen LogP contribution in [0.4, 0.5) is 19.0 Å². The first-order valence-corrected chi connectivity index (χ1v) is 8.40. The standard InChI is InChI=1S/C17H20F3N5/c1-8(2)25-14(15-10-6-22-7-11(10)15)4-13(24-25)9-3-12(17(18,19)20)16(21)23-5-9/h3-5,8,10-11,15,22H,6-7H2,1-2H3,(H2,21,23)/t10-,11+,15?. The molecule has 2 aromatic heterocycles. The van der Waals surface area contributed by atoms with Crippen molar-refractivity contribution in [2.75, 3.05) is 18.8 Å². The van der Waals surface area contributed by atoms with Crippen LogP contribution in [-0.2, 0) is 6.18 Å². The SMILES string of the molecule is CC(C)n1nc(-c2cnc(N)c(C(F)(F)F)c2)cc1C1[C@H]2CNC[C@@H]12. The number of pyridine rings is 1. The average Bonchev–Trinajstić information content (AvgIpc) is 2.93. The van der Waals surface area contributed by atoms with Crippen LogP contribution in [0.15, 0.2) is 18.3 Å². The maximum atomic E-state index is 13.1. The van der Waals surface area contributed by atoms with E-state index in [0.29, 0.717) is 29.0 Å². The lowest BCUT2D eigenvalue weighted by Gasteiger charge is -2.12. The molecule has 0 bridgehead atoms. The van der Waals surface area contributed by atoms with E-state index in [2.05, 4.69) is 15.4 Å². The summed E-state index contributed by atoms with van der Waals surface area (Å²) in [5.41, 5.74) is 6.43. The van der Waals surface area contributed by atoms with Crippen molar-refractivity contribution in [3.05, 3.63) is 29.6 Å². The number of nitrogens with zero attached hydrogens (tertiary/aromatic N) is 3. The number of alkyl halides is 3. The first-order valence-electron chi connectivity index (χ1n) is 8.40. The van der Waals surface area contributed by atoms with Crippen molar-refractivity contribution in [1.82, 2.24) is 20.1 Å². The van der Waals surface area contributed by atoms with E-state index in [1.165, 1.54) is 6.20 Å². The highest BCUT2D eigenvalue weighted by Crippen LogP contribution is 2.56. The molecule has 2 aromatic rings. The molecule has 2 fully saturated rings. The van der Waals surface area contributed by atoms with E-state index >= 15 is 0 Å². The van der Waals surface area contributed by atoms with E-state index < -0.39 is 17.6 Å². The van der Waals surface area contributed by atoms with Gasteiger partial charge in [-0.05, 0) is 50.9 Å². The molecule has 0 amide bonds. The molecule has 1 saturated heterocycles. The summed E-state index contributed by atoms with van der Waals surface area (Å²) in [4.78, 5) is 3.72. The van der Waals surface area contributed by atoms with E-state index in [1.807, 2.05) is 24.6 Å². The zero-order chi connectivity index (χ0) is 17.9. The van der Waals surface area contributed by atoms with Crippen LogP contribution in [0.25, 0.3) is 11.3 Å². The monoisotopic (exact) mass is 351 g/mol. The lowest BCUT2D eigenvalue weighted by Crippen LogP contribution is -2.16. The summed E-state index contributed by atoms with van der Waals surface area (Å²) in [5.74, 6) is 1.14. The number of halogens is 3. The summed E-state index contributed by atoms with van der Waals surface area (Å²) in [6.45, 7) is 6.04. The second-order valence-corrected chi connectivity index (χ2v) is 7.16. The minimum Gasteiger partial charge on any atom is -0.383 e. The zero-order valence-electron chi connectivity index (χ0n) is 14.0. The Morgan fingerprint density at radius 1 is 1.24 bits per heavy atom. The number of fused-ring (bicyclic) bond motifs is 1. The fourth-order valence-corrected chi connectivity index (χ4v) is 3.91. The van der Waals surface area contributed by atoms with Crippen molar-refractivity contribution in [2.24, 2.45) is 11.8 Å². The predicted octanol–water partition coefficient (Wildman–Crippen LogP) is 3.06. The molecular formula is C17H20F3N5. The Labute approximate surface area is 143 Å². The molecule has 1 saturated carbocycles. The van der Waals surface area contributed by atoms with Gasteiger partial charge >= 0.3 is 6.18 Å². The molecule has 0 aromatic carbocycles. The second kappa shape index (κ2) is 5.45. The molecule has 4 rings (SSSR count). The van der Waals surface area contributed by atoms with Gasteiger partial charge in [0.05, 0.1) is 11.3 Å². The van der Waals surface area contributed by atoms with Gasteiger partial charge in [-0.1, -0.05) is 0 Å². The van der Waals surface area contributed by atoms with Gasteiger partial charge in [-0.25, -0.2) is 4.98 Å². The van der Waals surface area contributed by atoms with Crippen LogP contribution >= 0.6 is 0 Å². The number of nitrogen functional groups attached to an aromatic ring is 1. The molecule has 5 nitrogen and oxygen atoms in total.